The predicted octanol–water partition coefficient (Wildman–Crippen LogP) is 3.19. The first-order valence-electron chi connectivity index (χ1n) is 6.65. The number of pyridine rings is 1. The van der Waals surface area contributed by atoms with Crippen molar-refractivity contribution in [2.45, 2.75) is 13.0 Å². The SMILES string of the molecule is NCCc1cn(Cc2ccc(I)cc2)c2ncccc12. The highest BCUT2D eigenvalue weighted by Crippen LogP contribution is 2.21. The Bertz CT molecular complexity index is 716. The van der Waals surface area contributed by atoms with Crippen molar-refractivity contribution >= 4 is 33.6 Å². The van der Waals surface area contributed by atoms with Crippen LogP contribution in [0.15, 0.2) is 48.8 Å². The summed E-state index contributed by atoms with van der Waals surface area (Å²) >= 11 is 2.32. The zero-order chi connectivity index (χ0) is 13.9. The maximum Gasteiger partial charge on any atom is 0.140 e. The first-order valence-corrected chi connectivity index (χ1v) is 7.73. The van der Waals surface area contributed by atoms with E-state index in [-0.39, 0.29) is 0 Å². The van der Waals surface area contributed by atoms with Crippen LogP contribution >= 0.6 is 22.6 Å². The Morgan fingerprint density at radius 1 is 1.15 bits per heavy atom. The second-order valence-corrected chi connectivity index (χ2v) is 6.07. The summed E-state index contributed by atoms with van der Waals surface area (Å²) in [6.45, 7) is 1.51. The maximum absolute atomic E-state index is 5.70. The van der Waals surface area contributed by atoms with Crippen LogP contribution in [-0.4, -0.2) is 16.1 Å². The summed E-state index contributed by atoms with van der Waals surface area (Å²) in [5.74, 6) is 0. The molecular weight excluding hydrogens is 361 g/mol. The fourth-order valence-electron chi connectivity index (χ4n) is 2.46. The average Bonchev–Trinajstić information content (AvgIpc) is 2.81. The van der Waals surface area contributed by atoms with Crippen molar-refractivity contribution in [3.8, 4) is 0 Å². The molecule has 0 aliphatic heterocycles. The summed E-state index contributed by atoms with van der Waals surface area (Å²) in [6, 6.07) is 12.7. The first kappa shape index (κ1) is 13.6. The van der Waals surface area contributed by atoms with E-state index in [2.05, 4.69) is 68.7 Å². The Labute approximate surface area is 132 Å². The third kappa shape index (κ3) is 2.71. The average molecular weight is 377 g/mol. The minimum absolute atomic E-state index is 0.664. The van der Waals surface area contributed by atoms with E-state index in [9.17, 15) is 0 Å². The summed E-state index contributed by atoms with van der Waals surface area (Å²) < 4.78 is 3.47. The fraction of sp³-hybridized carbons (Fsp3) is 0.188. The smallest absolute Gasteiger partial charge is 0.140 e. The second kappa shape index (κ2) is 5.93. The topological polar surface area (TPSA) is 43.8 Å². The van der Waals surface area contributed by atoms with E-state index < -0.39 is 0 Å². The molecule has 0 unspecified atom stereocenters. The number of fused-ring (bicyclic) bond motifs is 1. The van der Waals surface area contributed by atoms with Crippen molar-refractivity contribution in [2.75, 3.05) is 6.54 Å². The molecule has 2 N–H and O–H groups in total. The third-order valence-corrected chi connectivity index (χ3v) is 4.12. The number of aromatic nitrogens is 2. The molecule has 0 aliphatic carbocycles. The standard InChI is InChI=1S/C16H16IN3/c17-14-5-3-12(4-6-14)10-20-11-13(7-8-18)15-2-1-9-19-16(15)20/h1-6,9,11H,7-8,10,18H2. The van der Waals surface area contributed by atoms with Gasteiger partial charge in [-0.15, -0.1) is 0 Å². The van der Waals surface area contributed by atoms with Gasteiger partial charge in [-0.3, -0.25) is 0 Å². The summed E-state index contributed by atoms with van der Waals surface area (Å²) in [4.78, 5) is 4.52. The summed E-state index contributed by atoms with van der Waals surface area (Å²) in [5, 5.41) is 1.21. The molecule has 0 radical (unpaired) electrons. The Morgan fingerprint density at radius 2 is 1.95 bits per heavy atom. The van der Waals surface area contributed by atoms with Crippen LogP contribution in [0.5, 0.6) is 0 Å². The van der Waals surface area contributed by atoms with Gasteiger partial charge < -0.3 is 10.3 Å². The number of rotatable bonds is 4. The largest absolute Gasteiger partial charge is 0.330 e. The molecule has 0 fully saturated rings. The van der Waals surface area contributed by atoms with E-state index in [4.69, 9.17) is 5.73 Å². The van der Waals surface area contributed by atoms with Crippen molar-refractivity contribution in [1.29, 1.82) is 0 Å². The second-order valence-electron chi connectivity index (χ2n) is 4.82. The van der Waals surface area contributed by atoms with E-state index in [0.717, 1.165) is 18.6 Å². The monoisotopic (exact) mass is 377 g/mol. The Kier molecular flexibility index (Phi) is 4.03. The molecule has 1 aromatic carbocycles. The van der Waals surface area contributed by atoms with Crippen molar-refractivity contribution in [3.05, 3.63) is 63.5 Å². The van der Waals surface area contributed by atoms with E-state index in [1.807, 2.05) is 12.3 Å². The molecule has 20 heavy (non-hydrogen) atoms. The molecule has 0 aliphatic rings. The molecule has 4 heteroatoms. The van der Waals surface area contributed by atoms with Crippen LogP contribution in [0.3, 0.4) is 0 Å². The van der Waals surface area contributed by atoms with Gasteiger partial charge in [-0.05, 0) is 70.9 Å². The van der Waals surface area contributed by atoms with Gasteiger partial charge in [0.25, 0.3) is 0 Å². The van der Waals surface area contributed by atoms with E-state index in [1.165, 1.54) is 20.1 Å². The van der Waals surface area contributed by atoms with Crippen molar-refractivity contribution in [1.82, 2.24) is 9.55 Å². The molecule has 0 saturated heterocycles. The molecule has 2 aromatic heterocycles. The highest BCUT2D eigenvalue weighted by molar-refractivity contribution is 14.1. The van der Waals surface area contributed by atoms with Gasteiger partial charge in [0, 0.05) is 27.9 Å². The number of nitrogens with zero attached hydrogens (tertiary/aromatic N) is 2. The van der Waals surface area contributed by atoms with Gasteiger partial charge in [0.05, 0.1) is 0 Å². The van der Waals surface area contributed by atoms with Crippen LogP contribution in [0.25, 0.3) is 11.0 Å². The normalized spacial score (nSPS) is 11.1. The predicted molar refractivity (Wildman–Crippen MR) is 90.8 cm³/mol. The van der Waals surface area contributed by atoms with Crippen molar-refractivity contribution in [3.63, 3.8) is 0 Å². The lowest BCUT2D eigenvalue weighted by Gasteiger charge is -2.05. The zero-order valence-corrected chi connectivity index (χ0v) is 13.2. The van der Waals surface area contributed by atoms with Crippen molar-refractivity contribution < 1.29 is 0 Å². The van der Waals surface area contributed by atoms with Crippen molar-refractivity contribution in [2.24, 2.45) is 5.73 Å². The van der Waals surface area contributed by atoms with Gasteiger partial charge in [0.15, 0.2) is 0 Å². The van der Waals surface area contributed by atoms with E-state index in [0.29, 0.717) is 6.54 Å². The highest BCUT2D eigenvalue weighted by Gasteiger charge is 2.08. The van der Waals surface area contributed by atoms with Crippen LogP contribution in [0, 0.1) is 3.57 Å². The lowest BCUT2D eigenvalue weighted by atomic mass is 10.2. The molecule has 2 heterocycles. The van der Waals surface area contributed by atoms with Crippen LogP contribution in [0.2, 0.25) is 0 Å². The molecule has 0 spiro atoms. The van der Waals surface area contributed by atoms with Crippen LogP contribution in [0.4, 0.5) is 0 Å². The van der Waals surface area contributed by atoms with Gasteiger partial charge in [0.1, 0.15) is 5.65 Å². The number of benzene rings is 1. The third-order valence-electron chi connectivity index (χ3n) is 3.40. The number of hydrogen-bond donors (Lipinski definition) is 1. The molecular formula is C16H16IN3. The minimum Gasteiger partial charge on any atom is -0.330 e. The minimum atomic E-state index is 0.664. The summed E-state index contributed by atoms with van der Waals surface area (Å²) in [7, 11) is 0. The molecule has 3 aromatic rings. The fourth-order valence-corrected chi connectivity index (χ4v) is 2.82. The maximum atomic E-state index is 5.70. The first-order chi connectivity index (χ1) is 9.78. The summed E-state index contributed by atoms with van der Waals surface area (Å²) in [5.41, 5.74) is 9.30. The molecule has 0 saturated carbocycles. The number of halogens is 1. The lowest BCUT2D eigenvalue weighted by Crippen LogP contribution is -2.02. The van der Waals surface area contributed by atoms with Gasteiger partial charge in [-0.25, -0.2) is 4.98 Å². The molecule has 102 valence electrons. The molecule has 0 atom stereocenters. The number of hydrogen-bond acceptors (Lipinski definition) is 2. The quantitative estimate of drug-likeness (QED) is 0.710. The van der Waals surface area contributed by atoms with E-state index in [1.54, 1.807) is 0 Å². The molecule has 0 bridgehead atoms. The van der Waals surface area contributed by atoms with Crippen LogP contribution < -0.4 is 5.73 Å². The zero-order valence-electron chi connectivity index (χ0n) is 11.1. The summed E-state index contributed by atoms with van der Waals surface area (Å²) in [6.07, 6.45) is 4.92. The van der Waals surface area contributed by atoms with E-state index >= 15 is 0 Å². The van der Waals surface area contributed by atoms with Crippen LogP contribution in [0.1, 0.15) is 11.1 Å². The highest BCUT2D eigenvalue weighted by atomic mass is 127. The molecule has 3 rings (SSSR count). The Hall–Kier alpha value is -1.40. The molecule has 0 amide bonds. The Balaban J connectivity index is 2.00. The van der Waals surface area contributed by atoms with Crippen LogP contribution in [-0.2, 0) is 13.0 Å². The van der Waals surface area contributed by atoms with Gasteiger partial charge in [-0.2, -0.15) is 0 Å². The molecule has 3 nitrogen and oxygen atoms in total. The van der Waals surface area contributed by atoms with Gasteiger partial charge in [-0.1, -0.05) is 12.1 Å². The number of nitrogens with two attached hydrogens (primary N) is 1. The van der Waals surface area contributed by atoms with Gasteiger partial charge >= 0.3 is 0 Å². The van der Waals surface area contributed by atoms with Gasteiger partial charge in [0.2, 0.25) is 0 Å². The Morgan fingerprint density at radius 3 is 2.70 bits per heavy atom. The lowest BCUT2D eigenvalue weighted by molar-refractivity contribution is 0.817.